The lowest BCUT2D eigenvalue weighted by molar-refractivity contribution is -0.124. The van der Waals surface area contributed by atoms with Gasteiger partial charge in [-0.25, -0.2) is 0 Å². The fourth-order valence-electron chi connectivity index (χ4n) is 1.28. The van der Waals surface area contributed by atoms with Crippen molar-refractivity contribution in [1.82, 2.24) is 20.8 Å². The van der Waals surface area contributed by atoms with Gasteiger partial charge in [0.15, 0.2) is 5.82 Å². The van der Waals surface area contributed by atoms with Gasteiger partial charge in [-0.05, 0) is 34.1 Å². The number of aromatic nitrogens is 2. The van der Waals surface area contributed by atoms with Gasteiger partial charge < -0.3 is 9.84 Å². The fourth-order valence-corrected chi connectivity index (χ4v) is 1.28. The molecule has 1 atom stereocenters. The third-order valence-electron chi connectivity index (χ3n) is 2.87. The van der Waals surface area contributed by atoms with Crippen molar-refractivity contribution < 1.29 is 9.32 Å². The molecular weight excluding hydrogens is 232 g/mol. The van der Waals surface area contributed by atoms with Gasteiger partial charge in [-0.1, -0.05) is 12.1 Å². The third-order valence-corrected chi connectivity index (χ3v) is 2.87. The summed E-state index contributed by atoms with van der Waals surface area (Å²) in [5.74, 6) is 1.05. The largest absolute Gasteiger partial charge is 0.350 e. The molecule has 1 unspecified atom stereocenters. The highest BCUT2D eigenvalue weighted by Gasteiger charge is 2.21. The summed E-state index contributed by atoms with van der Waals surface area (Å²) in [4.78, 5) is 16.0. The Kier molecular flexibility index (Phi) is 4.84. The van der Waals surface area contributed by atoms with Crippen LogP contribution in [0.4, 0.5) is 0 Å². The van der Waals surface area contributed by atoms with Gasteiger partial charge in [0.2, 0.25) is 11.8 Å². The van der Waals surface area contributed by atoms with Gasteiger partial charge in [0.25, 0.3) is 0 Å². The molecule has 0 aromatic carbocycles. The topological polar surface area (TPSA) is 80.0 Å². The van der Waals surface area contributed by atoms with Gasteiger partial charge in [-0.2, -0.15) is 4.98 Å². The van der Waals surface area contributed by atoms with Crippen LogP contribution in [0.15, 0.2) is 4.52 Å². The highest BCUT2D eigenvalue weighted by Crippen LogP contribution is 2.07. The van der Waals surface area contributed by atoms with Crippen LogP contribution in [-0.4, -0.2) is 27.6 Å². The van der Waals surface area contributed by atoms with Gasteiger partial charge in [-0.15, -0.1) is 0 Å². The molecule has 2 N–H and O–H groups in total. The summed E-state index contributed by atoms with van der Waals surface area (Å²) in [6.07, 6.45) is 0.883. The van der Waals surface area contributed by atoms with Gasteiger partial charge >= 0.3 is 0 Å². The summed E-state index contributed by atoms with van der Waals surface area (Å²) in [7, 11) is 0. The second-order valence-electron chi connectivity index (χ2n) is 5.06. The molecule has 102 valence electrons. The first kappa shape index (κ1) is 14.6. The molecule has 0 saturated heterocycles. The minimum atomic E-state index is -0.303. The molecule has 6 heteroatoms. The fraction of sp³-hybridized carbons (Fsp3) is 0.750. The first-order chi connectivity index (χ1) is 8.34. The summed E-state index contributed by atoms with van der Waals surface area (Å²) in [5, 5.41) is 9.71. The lowest BCUT2D eigenvalue weighted by atomic mass is 10.0. The maximum Gasteiger partial charge on any atom is 0.240 e. The summed E-state index contributed by atoms with van der Waals surface area (Å²) in [6.45, 7) is 10.00. The lowest BCUT2D eigenvalue weighted by Crippen LogP contribution is -2.50. The Labute approximate surface area is 108 Å². The van der Waals surface area contributed by atoms with E-state index in [0.29, 0.717) is 18.3 Å². The molecule has 0 spiro atoms. The molecule has 0 aliphatic heterocycles. The van der Waals surface area contributed by atoms with Crippen LogP contribution in [0.5, 0.6) is 0 Å². The molecule has 1 aromatic heterocycles. The van der Waals surface area contributed by atoms with E-state index in [0.717, 1.165) is 6.42 Å². The number of hydrogen-bond donors (Lipinski definition) is 2. The molecule has 18 heavy (non-hydrogen) atoms. The normalized spacial score (nSPS) is 13.4. The Morgan fingerprint density at radius 2 is 2.17 bits per heavy atom. The van der Waals surface area contributed by atoms with Crippen LogP contribution in [0.25, 0.3) is 0 Å². The second kappa shape index (κ2) is 5.95. The van der Waals surface area contributed by atoms with Crippen molar-refractivity contribution in [3.63, 3.8) is 0 Å². The van der Waals surface area contributed by atoms with E-state index < -0.39 is 0 Å². The molecule has 1 rings (SSSR count). The minimum absolute atomic E-state index is 0.0295. The zero-order chi connectivity index (χ0) is 13.8. The zero-order valence-electron chi connectivity index (χ0n) is 11.7. The molecule has 6 nitrogen and oxygen atoms in total. The number of nitrogens with zero attached hydrogens (tertiary/aromatic N) is 2. The highest BCUT2D eigenvalue weighted by molar-refractivity contribution is 5.81. The summed E-state index contributed by atoms with van der Waals surface area (Å²) in [5.41, 5.74) is -0.186. The number of hydrogen-bond acceptors (Lipinski definition) is 5. The monoisotopic (exact) mass is 254 g/mol. The van der Waals surface area contributed by atoms with Crippen LogP contribution in [0.1, 0.15) is 45.8 Å². The average Bonchev–Trinajstić information content (AvgIpc) is 2.71. The molecule has 0 fully saturated rings. The number of carbonyl (C=O) groups excluding carboxylic acids is 1. The van der Waals surface area contributed by atoms with Crippen molar-refractivity contribution in [3.05, 3.63) is 11.7 Å². The SMILES string of the molecule is CCC(C)(C)NC(=O)C(C)NCc1nc(C)no1. The van der Waals surface area contributed by atoms with E-state index in [-0.39, 0.29) is 17.5 Å². The van der Waals surface area contributed by atoms with Crippen LogP contribution in [-0.2, 0) is 11.3 Å². The number of nitrogens with one attached hydrogen (secondary N) is 2. The number of amides is 1. The van der Waals surface area contributed by atoms with Gasteiger partial charge in [-0.3, -0.25) is 10.1 Å². The molecule has 1 aromatic rings. The Morgan fingerprint density at radius 1 is 1.50 bits per heavy atom. The number of rotatable bonds is 6. The van der Waals surface area contributed by atoms with E-state index in [9.17, 15) is 4.79 Å². The predicted octanol–water partition coefficient (Wildman–Crippen LogP) is 1.16. The van der Waals surface area contributed by atoms with Crippen molar-refractivity contribution in [1.29, 1.82) is 0 Å². The minimum Gasteiger partial charge on any atom is -0.350 e. The van der Waals surface area contributed by atoms with Crippen LogP contribution >= 0.6 is 0 Å². The molecule has 1 heterocycles. The smallest absolute Gasteiger partial charge is 0.240 e. The van der Waals surface area contributed by atoms with Crippen molar-refractivity contribution in [3.8, 4) is 0 Å². The number of carbonyl (C=O) groups is 1. The molecule has 0 radical (unpaired) electrons. The third kappa shape index (κ3) is 4.44. The van der Waals surface area contributed by atoms with Crippen molar-refractivity contribution >= 4 is 5.91 Å². The van der Waals surface area contributed by atoms with Crippen LogP contribution in [0.2, 0.25) is 0 Å². The van der Waals surface area contributed by atoms with E-state index in [1.54, 1.807) is 6.92 Å². The maximum atomic E-state index is 11.9. The summed E-state index contributed by atoms with van der Waals surface area (Å²) >= 11 is 0. The maximum absolute atomic E-state index is 11.9. The standard InChI is InChI=1S/C12H22N4O2/c1-6-12(4,5)15-11(17)8(2)13-7-10-14-9(3)16-18-10/h8,13H,6-7H2,1-5H3,(H,15,17). The molecular formula is C12H22N4O2. The second-order valence-corrected chi connectivity index (χ2v) is 5.06. The summed E-state index contributed by atoms with van der Waals surface area (Å²) < 4.78 is 4.96. The average molecular weight is 254 g/mol. The molecule has 0 bridgehead atoms. The quantitative estimate of drug-likeness (QED) is 0.796. The van der Waals surface area contributed by atoms with E-state index in [2.05, 4.69) is 20.8 Å². The first-order valence-corrected chi connectivity index (χ1v) is 6.18. The van der Waals surface area contributed by atoms with Crippen molar-refractivity contribution in [2.24, 2.45) is 0 Å². The Morgan fingerprint density at radius 3 is 2.67 bits per heavy atom. The van der Waals surface area contributed by atoms with E-state index in [4.69, 9.17) is 4.52 Å². The predicted molar refractivity (Wildman–Crippen MR) is 67.8 cm³/mol. The molecule has 0 aliphatic carbocycles. The lowest BCUT2D eigenvalue weighted by Gasteiger charge is -2.26. The van der Waals surface area contributed by atoms with E-state index >= 15 is 0 Å². The Bertz CT molecular complexity index is 401. The molecule has 0 aliphatic rings. The van der Waals surface area contributed by atoms with E-state index in [1.807, 2.05) is 27.7 Å². The zero-order valence-corrected chi connectivity index (χ0v) is 11.7. The Balaban J connectivity index is 2.41. The molecule has 1 amide bonds. The summed E-state index contributed by atoms with van der Waals surface area (Å²) in [6, 6.07) is -0.303. The van der Waals surface area contributed by atoms with Crippen LogP contribution < -0.4 is 10.6 Å². The van der Waals surface area contributed by atoms with Crippen molar-refractivity contribution in [2.45, 2.75) is 59.2 Å². The first-order valence-electron chi connectivity index (χ1n) is 6.18. The van der Waals surface area contributed by atoms with Crippen LogP contribution in [0, 0.1) is 6.92 Å². The van der Waals surface area contributed by atoms with Crippen LogP contribution in [0.3, 0.4) is 0 Å². The van der Waals surface area contributed by atoms with Crippen molar-refractivity contribution in [2.75, 3.05) is 0 Å². The number of aryl methyl sites for hydroxylation is 1. The van der Waals surface area contributed by atoms with Gasteiger partial charge in [0, 0.05) is 5.54 Å². The van der Waals surface area contributed by atoms with Gasteiger partial charge in [0.1, 0.15) is 0 Å². The Hall–Kier alpha value is -1.43. The van der Waals surface area contributed by atoms with E-state index in [1.165, 1.54) is 0 Å². The van der Waals surface area contributed by atoms with Gasteiger partial charge in [0.05, 0.1) is 12.6 Å². The highest BCUT2D eigenvalue weighted by atomic mass is 16.5. The molecule has 0 saturated carbocycles.